The Balaban J connectivity index is 1.94. The molecule has 1 N–H and O–H groups in total. The van der Waals surface area contributed by atoms with Crippen molar-refractivity contribution in [3.05, 3.63) is 52.1 Å². The molecule has 3 rings (SSSR count). The van der Waals surface area contributed by atoms with Crippen LogP contribution in [-0.2, 0) is 5.41 Å². The molecule has 4 nitrogen and oxygen atoms in total. The Labute approximate surface area is 146 Å². The van der Waals surface area contributed by atoms with Crippen LogP contribution < -0.4 is 5.32 Å². The minimum Gasteiger partial charge on any atom is -0.375 e. The minimum absolute atomic E-state index is 0.0474. The summed E-state index contributed by atoms with van der Waals surface area (Å²) in [5, 5.41) is 16.9. The second-order valence-corrected chi connectivity index (χ2v) is 7.76. The molecule has 0 aliphatic carbocycles. The van der Waals surface area contributed by atoms with Gasteiger partial charge in [-0.2, -0.15) is 5.26 Å². The first-order valence-corrected chi connectivity index (χ1v) is 8.79. The molecule has 0 amide bonds. The van der Waals surface area contributed by atoms with Crippen LogP contribution in [0.3, 0.4) is 0 Å². The molecule has 0 fully saturated rings. The number of nitrogens with one attached hydrogen (secondary N) is 1. The molecule has 2 aromatic heterocycles. The second kappa shape index (κ2) is 6.21. The molecule has 2 heterocycles. The number of thiazole rings is 1. The van der Waals surface area contributed by atoms with Crippen LogP contribution in [0.2, 0.25) is 0 Å². The van der Waals surface area contributed by atoms with Gasteiger partial charge in [0.15, 0.2) is 0 Å². The quantitative estimate of drug-likeness (QED) is 0.728. The maximum Gasteiger partial charge on any atom is 0.143 e. The number of para-hydroxylation sites is 1. The maximum atomic E-state index is 9.21. The van der Waals surface area contributed by atoms with Crippen molar-refractivity contribution in [3.8, 4) is 6.07 Å². The van der Waals surface area contributed by atoms with Gasteiger partial charge in [0, 0.05) is 21.9 Å². The number of fused-ring (bicyclic) bond motifs is 1. The van der Waals surface area contributed by atoms with Crippen molar-refractivity contribution in [3.63, 3.8) is 0 Å². The van der Waals surface area contributed by atoms with Gasteiger partial charge in [-0.25, -0.2) is 9.97 Å². The number of rotatable bonds is 3. The summed E-state index contributed by atoms with van der Waals surface area (Å²) in [5.74, 6) is 0. The van der Waals surface area contributed by atoms with E-state index < -0.39 is 0 Å². The van der Waals surface area contributed by atoms with Gasteiger partial charge >= 0.3 is 0 Å². The smallest absolute Gasteiger partial charge is 0.143 e. The Hall–Kier alpha value is -2.45. The highest BCUT2D eigenvalue weighted by Gasteiger charge is 2.20. The van der Waals surface area contributed by atoms with Gasteiger partial charge in [0.2, 0.25) is 0 Å². The fourth-order valence-corrected chi connectivity index (χ4v) is 3.53. The van der Waals surface area contributed by atoms with Crippen molar-refractivity contribution < 1.29 is 0 Å². The van der Waals surface area contributed by atoms with E-state index in [-0.39, 0.29) is 11.5 Å². The van der Waals surface area contributed by atoms with E-state index in [2.05, 4.69) is 49.4 Å². The number of pyridine rings is 1. The molecule has 0 saturated heterocycles. The molecule has 0 aliphatic heterocycles. The number of anilines is 1. The molecule has 24 heavy (non-hydrogen) atoms. The van der Waals surface area contributed by atoms with Crippen molar-refractivity contribution in [1.29, 1.82) is 5.26 Å². The monoisotopic (exact) mass is 336 g/mol. The molecule has 1 unspecified atom stereocenters. The molecule has 1 aromatic carbocycles. The molecule has 0 saturated carbocycles. The van der Waals surface area contributed by atoms with Crippen molar-refractivity contribution in [2.45, 2.75) is 39.2 Å². The minimum atomic E-state index is 0.0474. The standard InChI is InChI=1S/C19H20N4S/c1-12(18-23-17(11-24-18)19(2,3)4)21-16-9-13(10-20)22-15-8-6-5-7-14(15)16/h5-9,11-12H,1-4H3,(H,21,22). The third-order valence-electron chi connectivity index (χ3n) is 3.86. The lowest BCUT2D eigenvalue weighted by Crippen LogP contribution is -2.13. The Morgan fingerprint density at radius 2 is 1.96 bits per heavy atom. The fourth-order valence-electron chi connectivity index (χ4n) is 2.48. The van der Waals surface area contributed by atoms with Crippen LogP contribution in [0.25, 0.3) is 10.9 Å². The zero-order chi connectivity index (χ0) is 17.3. The van der Waals surface area contributed by atoms with Gasteiger partial charge in [-0.05, 0) is 19.1 Å². The lowest BCUT2D eigenvalue weighted by atomic mass is 9.93. The Morgan fingerprint density at radius 1 is 1.21 bits per heavy atom. The zero-order valence-electron chi connectivity index (χ0n) is 14.3. The summed E-state index contributed by atoms with van der Waals surface area (Å²) in [5.41, 5.74) is 3.30. The molecular formula is C19H20N4S. The van der Waals surface area contributed by atoms with Crippen molar-refractivity contribution in [1.82, 2.24) is 9.97 Å². The van der Waals surface area contributed by atoms with E-state index >= 15 is 0 Å². The van der Waals surface area contributed by atoms with Crippen LogP contribution in [-0.4, -0.2) is 9.97 Å². The number of hydrogen-bond acceptors (Lipinski definition) is 5. The summed E-state index contributed by atoms with van der Waals surface area (Å²) in [6.45, 7) is 8.59. The van der Waals surface area contributed by atoms with E-state index in [0.717, 1.165) is 27.3 Å². The summed E-state index contributed by atoms with van der Waals surface area (Å²) in [6.07, 6.45) is 0. The van der Waals surface area contributed by atoms with Crippen molar-refractivity contribution in [2.75, 3.05) is 5.32 Å². The summed E-state index contributed by atoms with van der Waals surface area (Å²) < 4.78 is 0. The highest BCUT2D eigenvalue weighted by Crippen LogP contribution is 2.30. The predicted molar refractivity (Wildman–Crippen MR) is 99.3 cm³/mol. The van der Waals surface area contributed by atoms with Crippen molar-refractivity contribution >= 4 is 27.9 Å². The number of aromatic nitrogens is 2. The van der Waals surface area contributed by atoms with Crippen LogP contribution in [0.5, 0.6) is 0 Å². The molecule has 0 spiro atoms. The molecule has 122 valence electrons. The number of hydrogen-bond donors (Lipinski definition) is 1. The van der Waals surface area contributed by atoms with Gasteiger partial charge in [0.05, 0.1) is 17.3 Å². The summed E-state index contributed by atoms with van der Waals surface area (Å²) in [4.78, 5) is 9.13. The van der Waals surface area contributed by atoms with E-state index in [1.807, 2.05) is 24.3 Å². The summed E-state index contributed by atoms with van der Waals surface area (Å²) in [7, 11) is 0. The lowest BCUT2D eigenvalue weighted by molar-refractivity contribution is 0.569. The molecule has 0 aliphatic rings. The van der Waals surface area contributed by atoms with Crippen LogP contribution in [0, 0.1) is 11.3 Å². The van der Waals surface area contributed by atoms with Gasteiger partial charge in [-0.3, -0.25) is 0 Å². The molecule has 5 heteroatoms. The first kappa shape index (κ1) is 16.4. The maximum absolute atomic E-state index is 9.21. The second-order valence-electron chi connectivity index (χ2n) is 6.87. The summed E-state index contributed by atoms with van der Waals surface area (Å²) in [6, 6.07) is 11.8. The molecule has 0 radical (unpaired) electrons. The lowest BCUT2D eigenvalue weighted by Gasteiger charge is -2.16. The van der Waals surface area contributed by atoms with Crippen LogP contribution >= 0.6 is 11.3 Å². The Morgan fingerprint density at radius 3 is 2.62 bits per heavy atom. The van der Waals surface area contributed by atoms with Crippen LogP contribution in [0.1, 0.15) is 50.1 Å². The van der Waals surface area contributed by atoms with Gasteiger partial charge in [0.1, 0.15) is 16.8 Å². The van der Waals surface area contributed by atoms with E-state index in [0.29, 0.717) is 5.69 Å². The highest BCUT2D eigenvalue weighted by molar-refractivity contribution is 7.09. The van der Waals surface area contributed by atoms with Crippen molar-refractivity contribution in [2.24, 2.45) is 0 Å². The number of benzene rings is 1. The van der Waals surface area contributed by atoms with E-state index in [9.17, 15) is 5.26 Å². The first-order valence-electron chi connectivity index (χ1n) is 7.91. The van der Waals surface area contributed by atoms with Gasteiger partial charge in [0.25, 0.3) is 0 Å². The zero-order valence-corrected chi connectivity index (χ0v) is 15.1. The third-order valence-corrected chi connectivity index (χ3v) is 4.89. The predicted octanol–water partition coefficient (Wildman–Crippen LogP) is 5.03. The molecule has 0 bridgehead atoms. The first-order chi connectivity index (χ1) is 11.4. The van der Waals surface area contributed by atoms with E-state index in [4.69, 9.17) is 4.98 Å². The highest BCUT2D eigenvalue weighted by atomic mass is 32.1. The van der Waals surface area contributed by atoms with E-state index in [1.54, 1.807) is 17.4 Å². The third kappa shape index (κ3) is 3.24. The number of nitriles is 1. The number of nitrogens with zero attached hydrogens (tertiary/aromatic N) is 3. The van der Waals surface area contributed by atoms with Gasteiger partial charge in [-0.15, -0.1) is 11.3 Å². The summed E-state index contributed by atoms with van der Waals surface area (Å²) >= 11 is 1.66. The van der Waals surface area contributed by atoms with Gasteiger partial charge < -0.3 is 5.32 Å². The molecule has 1 atom stereocenters. The SMILES string of the molecule is CC(Nc1cc(C#N)nc2ccccc12)c1nc(C(C)(C)C)cs1. The Bertz CT molecular complexity index is 915. The molecular weight excluding hydrogens is 316 g/mol. The van der Waals surface area contributed by atoms with E-state index in [1.165, 1.54) is 0 Å². The topological polar surface area (TPSA) is 61.6 Å². The average molecular weight is 336 g/mol. The molecule has 3 aromatic rings. The largest absolute Gasteiger partial charge is 0.375 e. The Kier molecular flexibility index (Phi) is 4.25. The van der Waals surface area contributed by atoms with Gasteiger partial charge in [-0.1, -0.05) is 39.0 Å². The van der Waals surface area contributed by atoms with Crippen LogP contribution in [0.15, 0.2) is 35.7 Å². The normalized spacial score (nSPS) is 12.8. The van der Waals surface area contributed by atoms with Crippen LogP contribution in [0.4, 0.5) is 5.69 Å². The fraction of sp³-hybridized carbons (Fsp3) is 0.316. The average Bonchev–Trinajstić information content (AvgIpc) is 3.05.